The van der Waals surface area contributed by atoms with Crippen molar-refractivity contribution in [2.75, 3.05) is 45.2 Å². The molecule has 1 amide bonds. The molecule has 1 aromatic carbocycles. The van der Waals surface area contributed by atoms with Gasteiger partial charge >= 0.3 is 5.97 Å². The molecule has 2 heterocycles. The number of hydrogen-bond acceptors (Lipinski definition) is 6. The molecule has 1 aliphatic heterocycles. The number of pyridine rings is 1. The van der Waals surface area contributed by atoms with Crippen LogP contribution in [0.4, 0.5) is 5.82 Å². The van der Waals surface area contributed by atoms with E-state index in [1.807, 2.05) is 38.1 Å². The summed E-state index contributed by atoms with van der Waals surface area (Å²) in [5, 5.41) is 0. The quantitative estimate of drug-likeness (QED) is 0.682. The predicted molar refractivity (Wildman–Crippen MR) is 117 cm³/mol. The first-order valence-corrected chi connectivity index (χ1v) is 10.3. The highest BCUT2D eigenvalue weighted by molar-refractivity contribution is 5.95. The maximum atomic E-state index is 12.4. The zero-order valence-corrected chi connectivity index (χ0v) is 18.2. The third-order valence-corrected chi connectivity index (χ3v) is 5.03. The molecule has 1 saturated heterocycles. The van der Waals surface area contributed by atoms with Gasteiger partial charge in [0, 0.05) is 58.6 Å². The molecule has 30 heavy (non-hydrogen) atoms. The highest BCUT2D eigenvalue weighted by Crippen LogP contribution is 2.21. The number of esters is 1. The Morgan fingerprint density at radius 1 is 1.07 bits per heavy atom. The summed E-state index contributed by atoms with van der Waals surface area (Å²) >= 11 is 0. The van der Waals surface area contributed by atoms with E-state index in [-0.39, 0.29) is 18.0 Å². The molecule has 0 atom stereocenters. The molecular weight excluding hydrogens is 380 g/mol. The number of aromatic nitrogens is 1. The lowest BCUT2D eigenvalue weighted by atomic mass is 10.1. The van der Waals surface area contributed by atoms with Gasteiger partial charge in [0.1, 0.15) is 11.4 Å². The van der Waals surface area contributed by atoms with Gasteiger partial charge in [0.05, 0.1) is 6.10 Å². The van der Waals surface area contributed by atoms with Crippen molar-refractivity contribution in [3.05, 3.63) is 59.3 Å². The Bertz CT molecular complexity index is 872. The minimum Gasteiger partial charge on any atom is -0.459 e. The van der Waals surface area contributed by atoms with Gasteiger partial charge in [-0.2, -0.15) is 0 Å². The van der Waals surface area contributed by atoms with Crippen LogP contribution in [0.25, 0.3) is 0 Å². The molecule has 1 aliphatic rings. The van der Waals surface area contributed by atoms with E-state index < -0.39 is 0 Å². The van der Waals surface area contributed by atoms with E-state index in [0.717, 1.165) is 32.7 Å². The fourth-order valence-corrected chi connectivity index (χ4v) is 3.47. The number of hydrogen-bond donors (Lipinski definition) is 0. The van der Waals surface area contributed by atoms with Gasteiger partial charge in [0.25, 0.3) is 5.91 Å². The first-order valence-electron chi connectivity index (χ1n) is 10.3. The lowest BCUT2D eigenvalue weighted by molar-refractivity contribution is 0.0378. The van der Waals surface area contributed by atoms with E-state index in [9.17, 15) is 9.59 Å². The van der Waals surface area contributed by atoms with Crippen molar-refractivity contribution < 1.29 is 14.3 Å². The van der Waals surface area contributed by atoms with Crippen molar-refractivity contribution in [1.29, 1.82) is 0 Å². The van der Waals surface area contributed by atoms with Crippen LogP contribution in [-0.4, -0.2) is 73.0 Å². The SMILES string of the molecule is CC(C)OC(=O)c1cccnc1N1CCN(Cc2ccc(C(=O)N(C)C)cc2)CC1. The minimum atomic E-state index is -0.331. The van der Waals surface area contributed by atoms with Crippen molar-refractivity contribution in [3.63, 3.8) is 0 Å². The predicted octanol–water partition coefficient (Wildman–Crippen LogP) is 2.67. The number of rotatable bonds is 6. The van der Waals surface area contributed by atoms with E-state index in [1.54, 1.807) is 37.3 Å². The Kier molecular flexibility index (Phi) is 7.05. The van der Waals surface area contributed by atoms with Crippen molar-refractivity contribution in [3.8, 4) is 0 Å². The van der Waals surface area contributed by atoms with Crippen LogP contribution in [0.1, 0.15) is 40.1 Å². The topological polar surface area (TPSA) is 66.0 Å². The Morgan fingerprint density at radius 3 is 2.33 bits per heavy atom. The molecule has 0 saturated carbocycles. The molecule has 0 bridgehead atoms. The van der Waals surface area contributed by atoms with E-state index in [0.29, 0.717) is 16.9 Å². The highest BCUT2D eigenvalue weighted by Gasteiger charge is 2.23. The van der Waals surface area contributed by atoms with Gasteiger partial charge in [-0.3, -0.25) is 9.69 Å². The normalized spacial score (nSPS) is 14.6. The minimum absolute atomic E-state index is 0.0114. The van der Waals surface area contributed by atoms with Crippen LogP contribution in [0.5, 0.6) is 0 Å². The van der Waals surface area contributed by atoms with Gasteiger partial charge in [-0.25, -0.2) is 9.78 Å². The summed E-state index contributed by atoms with van der Waals surface area (Å²) < 4.78 is 5.37. The molecular formula is C23H30N4O3. The monoisotopic (exact) mass is 410 g/mol. The van der Waals surface area contributed by atoms with E-state index in [2.05, 4.69) is 14.8 Å². The number of ether oxygens (including phenoxy) is 1. The van der Waals surface area contributed by atoms with Crippen molar-refractivity contribution in [2.24, 2.45) is 0 Å². The van der Waals surface area contributed by atoms with Crippen LogP contribution >= 0.6 is 0 Å². The van der Waals surface area contributed by atoms with Gasteiger partial charge in [-0.1, -0.05) is 12.1 Å². The molecule has 0 aliphatic carbocycles. The van der Waals surface area contributed by atoms with Gasteiger partial charge in [0.2, 0.25) is 0 Å². The summed E-state index contributed by atoms with van der Waals surface area (Å²) in [5.74, 6) is 0.370. The molecule has 2 aromatic rings. The van der Waals surface area contributed by atoms with Gasteiger partial charge in [-0.15, -0.1) is 0 Å². The number of amides is 1. The number of carbonyl (C=O) groups excluding carboxylic acids is 2. The van der Waals surface area contributed by atoms with Crippen LogP contribution < -0.4 is 4.90 Å². The third-order valence-electron chi connectivity index (χ3n) is 5.03. The standard InChI is InChI=1S/C23H30N4O3/c1-17(2)30-23(29)20-6-5-11-24-21(20)27-14-12-26(13-15-27)16-18-7-9-19(10-8-18)22(28)25(3)4/h5-11,17H,12-16H2,1-4H3. The summed E-state index contributed by atoms with van der Waals surface area (Å²) in [7, 11) is 3.51. The van der Waals surface area contributed by atoms with Crippen LogP contribution in [0.15, 0.2) is 42.6 Å². The van der Waals surface area contributed by atoms with Crippen LogP contribution in [0.2, 0.25) is 0 Å². The summed E-state index contributed by atoms with van der Waals surface area (Å²) in [6.07, 6.45) is 1.55. The first-order chi connectivity index (χ1) is 14.3. The van der Waals surface area contributed by atoms with Crippen molar-refractivity contribution in [1.82, 2.24) is 14.8 Å². The number of carbonyl (C=O) groups is 2. The third kappa shape index (κ3) is 5.36. The maximum absolute atomic E-state index is 12.4. The second-order valence-electron chi connectivity index (χ2n) is 7.99. The second-order valence-corrected chi connectivity index (χ2v) is 7.99. The molecule has 0 radical (unpaired) electrons. The van der Waals surface area contributed by atoms with E-state index in [1.165, 1.54) is 5.56 Å². The van der Waals surface area contributed by atoms with E-state index >= 15 is 0 Å². The summed E-state index contributed by atoms with van der Waals surface area (Å²) in [6.45, 7) is 7.83. The number of piperazine rings is 1. The van der Waals surface area contributed by atoms with Crippen LogP contribution in [-0.2, 0) is 11.3 Å². The van der Waals surface area contributed by atoms with Crippen molar-refractivity contribution in [2.45, 2.75) is 26.5 Å². The number of anilines is 1. The van der Waals surface area contributed by atoms with Gasteiger partial charge in [0.15, 0.2) is 0 Å². The molecule has 0 N–H and O–H groups in total. The average molecular weight is 411 g/mol. The summed E-state index contributed by atoms with van der Waals surface area (Å²) in [6, 6.07) is 11.3. The zero-order valence-electron chi connectivity index (χ0n) is 18.2. The number of benzene rings is 1. The Hall–Kier alpha value is -2.93. The fourth-order valence-electron chi connectivity index (χ4n) is 3.47. The molecule has 160 valence electrons. The maximum Gasteiger partial charge on any atom is 0.342 e. The molecule has 7 heteroatoms. The van der Waals surface area contributed by atoms with Gasteiger partial charge in [-0.05, 0) is 43.7 Å². The Labute approximate surface area is 178 Å². The summed E-state index contributed by atoms with van der Waals surface area (Å²) in [4.78, 5) is 35.0. The first kappa shape index (κ1) is 21.8. The Balaban J connectivity index is 1.59. The highest BCUT2D eigenvalue weighted by atomic mass is 16.5. The fraction of sp³-hybridized carbons (Fsp3) is 0.435. The largest absolute Gasteiger partial charge is 0.459 e. The zero-order chi connectivity index (χ0) is 21.7. The average Bonchev–Trinajstić information content (AvgIpc) is 2.74. The molecule has 0 spiro atoms. The smallest absolute Gasteiger partial charge is 0.342 e. The molecule has 7 nitrogen and oxygen atoms in total. The lowest BCUT2D eigenvalue weighted by Crippen LogP contribution is -2.46. The second kappa shape index (κ2) is 9.71. The molecule has 0 unspecified atom stereocenters. The van der Waals surface area contributed by atoms with Crippen LogP contribution in [0, 0.1) is 0 Å². The molecule has 1 aromatic heterocycles. The van der Waals surface area contributed by atoms with E-state index in [4.69, 9.17) is 4.74 Å². The molecule has 1 fully saturated rings. The van der Waals surface area contributed by atoms with Crippen LogP contribution in [0.3, 0.4) is 0 Å². The van der Waals surface area contributed by atoms with Crippen molar-refractivity contribution >= 4 is 17.7 Å². The Morgan fingerprint density at radius 2 is 1.73 bits per heavy atom. The lowest BCUT2D eigenvalue weighted by Gasteiger charge is -2.36. The molecule has 3 rings (SSSR count). The van der Waals surface area contributed by atoms with Gasteiger partial charge < -0.3 is 14.5 Å². The summed E-state index contributed by atoms with van der Waals surface area (Å²) in [5.41, 5.74) is 2.39. The number of nitrogens with zero attached hydrogens (tertiary/aromatic N) is 4.